The molecule has 30 heavy (non-hydrogen) atoms. The van der Waals surface area contributed by atoms with Crippen molar-refractivity contribution in [2.75, 3.05) is 18.6 Å². The molecule has 9 heteroatoms. The van der Waals surface area contributed by atoms with E-state index >= 15 is 0 Å². The zero-order valence-electron chi connectivity index (χ0n) is 17.2. The van der Waals surface area contributed by atoms with Gasteiger partial charge in [0.05, 0.1) is 17.6 Å². The molecule has 1 aromatic carbocycles. The summed E-state index contributed by atoms with van der Waals surface area (Å²) >= 11 is 9.69. The van der Waals surface area contributed by atoms with Gasteiger partial charge in [0.1, 0.15) is 28.6 Å². The smallest absolute Gasteiger partial charge is 0.404 e. The van der Waals surface area contributed by atoms with Gasteiger partial charge >= 0.3 is 6.09 Å². The summed E-state index contributed by atoms with van der Waals surface area (Å²) in [6.45, 7) is 6.79. The molecule has 1 fully saturated rings. The van der Waals surface area contributed by atoms with E-state index in [1.807, 2.05) is 6.07 Å². The molecule has 2 unspecified atom stereocenters. The molecule has 3 rings (SSSR count). The van der Waals surface area contributed by atoms with Gasteiger partial charge in [-0.25, -0.2) is 14.2 Å². The Labute approximate surface area is 188 Å². The van der Waals surface area contributed by atoms with Crippen LogP contribution in [0.25, 0.3) is 11.1 Å². The Kier molecular flexibility index (Phi) is 6.48. The van der Waals surface area contributed by atoms with Gasteiger partial charge in [-0.2, -0.15) is 0 Å². The van der Waals surface area contributed by atoms with E-state index in [1.165, 1.54) is 19.2 Å². The monoisotopic (exact) mass is 499 g/mol. The molecular weight excluding hydrogens is 477 g/mol. The van der Waals surface area contributed by atoms with E-state index in [0.717, 1.165) is 0 Å². The highest BCUT2D eigenvalue weighted by molar-refractivity contribution is 9.10. The number of primary amides is 1. The largest absolute Gasteiger partial charge is 0.495 e. The third-order valence-electron chi connectivity index (χ3n) is 5.10. The maximum atomic E-state index is 14.1. The van der Waals surface area contributed by atoms with E-state index in [-0.39, 0.29) is 22.7 Å². The number of carbonyl (C=O) groups excluding carboxylic acids is 1. The van der Waals surface area contributed by atoms with Gasteiger partial charge in [-0.1, -0.05) is 32.4 Å². The number of ether oxygens (including phenoxy) is 2. The second-order valence-electron chi connectivity index (χ2n) is 8.27. The summed E-state index contributed by atoms with van der Waals surface area (Å²) in [6.07, 6.45) is -0.557. The van der Waals surface area contributed by atoms with Crippen LogP contribution in [0.3, 0.4) is 0 Å². The molecule has 0 aliphatic carbocycles. The van der Waals surface area contributed by atoms with Gasteiger partial charge in [0, 0.05) is 18.5 Å². The number of pyridine rings is 1. The molecule has 162 valence electrons. The molecule has 1 aliphatic heterocycles. The minimum Gasteiger partial charge on any atom is -0.495 e. The molecule has 1 saturated heterocycles. The Balaban J connectivity index is 2.09. The third-order valence-corrected chi connectivity index (χ3v) is 5.88. The fourth-order valence-electron chi connectivity index (χ4n) is 4.09. The van der Waals surface area contributed by atoms with Gasteiger partial charge in [-0.15, -0.1) is 0 Å². The predicted octanol–water partition coefficient (Wildman–Crippen LogP) is 5.40. The molecule has 1 aromatic heterocycles. The van der Waals surface area contributed by atoms with E-state index in [0.29, 0.717) is 40.1 Å². The fourth-order valence-corrected chi connectivity index (χ4v) is 4.89. The summed E-state index contributed by atoms with van der Waals surface area (Å²) < 4.78 is 25.5. The van der Waals surface area contributed by atoms with Gasteiger partial charge in [0.2, 0.25) is 0 Å². The number of hydrogen-bond donors (Lipinski definition) is 1. The number of methoxy groups -OCH3 is 1. The first-order chi connectivity index (χ1) is 14.0. The lowest BCUT2D eigenvalue weighted by Crippen LogP contribution is -2.47. The van der Waals surface area contributed by atoms with Crippen LogP contribution in [0, 0.1) is 11.2 Å². The number of halogens is 3. The molecule has 0 spiro atoms. The highest BCUT2D eigenvalue weighted by Crippen LogP contribution is 2.41. The second kappa shape index (κ2) is 8.59. The van der Waals surface area contributed by atoms with Crippen LogP contribution in [-0.2, 0) is 4.74 Å². The van der Waals surface area contributed by atoms with E-state index in [9.17, 15) is 9.18 Å². The zero-order valence-corrected chi connectivity index (χ0v) is 19.6. The molecule has 0 bridgehead atoms. The standard InChI is InChI=1S/C21H24BrClFN3O3/c1-21(2,3)19-15(30-20(25)28)5-6-27(19)17-8-11(7-16(23)26-17)13-9-12(24)10-14(22)18(13)29-4/h7-10,15,19H,5-6H2,1-4H3,(H2,25,28). The SMILES string of the molecule is COc1c(Br)cc(F)cc1-c1cc(Cl)nc(N2CCC(OC(N)=O)C2C(C)(C)C)c1. The van der Waals surface area contributed by atoms with E-state index < -0.39 is 11.9 Å². The number of anilines is 1. The number of rotatable bonds is 4. The van der Waals surface area contributed by atoms with Crippen LogP contribution >= 0.6 is 27.5 Å². The van der Waals surface area contributed by atoms with Crippen LogP contribution in [0.2, 0.25) is 5.15 Å². The van der Waals surface area contributed by atoms with E-state index in [1.54, 1.807) is 6.07 Å². The van der Waals surface area contributed by atoms with Gasteiger partial charge in [-0.05, 0) is 51.2 Å². The molecule has 2 heterocycles. The first kappa shape index (κ1) is 22.6. The Bertz CT molecular complexity index is 967. The maximum Gasteiger partial charge on any atom is 0.404 e. The lowest BCUT2D eigenvalue weighted by molar-refractivity contribution is 0.0753. The molecule has 6 nitrogen and oxygen atoms in total. The van der Waals surface area contributed by atoms with Crippen molar-refractivity contribution < 1.29 is 18.7 Å². The summed E-state index contributed by atoms with van der Waals surface area (Å²) in [6, 6.07) is 6.07. The number of carbonyl (C=O) groups is 1. The normalized spacial score (nSPS) is 19.1. The molecule has 0 saturated carbocycles. The van der Waals surface area contributed by atoms with Crippen molar-refractivity contribution in [2.24, 2.45) is 11.1 Å². The highest BCUT2D eigenvalue weighted by atomic mass is 79.9. The number of nitrogens with zero attached hydrogens (tertiary/aromatic N) is 2. The van der Waals surface area contributed by atoms with Crippen molar-refractivity contribution in [3.8, 4) is 16.9 Å². The summed E-state index contributed by atoms with van der Waals surface area (Å²) in [4.78, 5) is 17.9. The van der Waals surface area contributed by atoms with Crippen molar-refractivity contribution in [3.63, 3.8) is 0 Å². The maximum absolute atomic E-state index is 14.1. The molecule has 2 N–H and O–H groups in total. The summed E-state index contributed by atoms with van der Waals surface area (Å²) in [5.41, 5.74) is 6.25. The van der Waals surface area contributed by atoms with Crippen LogP contribution in [0.4, 0.5) is 15.0 Å². The van der Waals surface area contributed by atoms with Gasteiger partial charge < -0.3 is 20.1 Å². The Morgan fingerprint density at radius 2 is 2.03 bits per heavy atom. The van der Waals surface area contributed by atoms with Crippen molar-refractivity contribution in [3.05, 3.63) is 39.7 Å². The fraction of sp³-hybridized carbons (Fsp3) is 0.429. The molecule has 2 atom stereocenters. The number of aromatic nitrogens is 1. The van der Waals surface area contributed by atoms with Gasteiger partial charge in [0.25, 0.3) is 0 Å². The van der Waals surface area contributed by atoms with Crippen LogP contribution < -0.4 is 15.4 Å². The van der Waals surface area contributed by atoms with Crippen molar-refractivity contribution in [1.82, 2.24) is 4.98 Å². The summed E-state index contributed by atoms with van der Waals surface area (Å²) in [5, 5.41) is 0.261. The minimum absolute atomic E-state index is 0.162. The average molecular weight is 501 g/mol. The van der Waals surface area contributed by atoms with Gasteiger partial charge in [-0.3, -0.25) is 0 Å². The minimum atomic E-state index is -0.801. The van der Waals surface area contributed by atoms with E-state index in [2.05, 4.69) is 46.6 Å². The number of benzene rings is 1. The second-order valence-corrected chi connectivity index (χ2v) is 9.52. The Hall–Kier alpha value is -2.06. The molecular formula is C21H24BrClFN3O3. The number of hydrogen-bond acceptors (Lipinski definition) is 5. The summed E-state index contributed by atoms with van der Waals surface area (Å²) in [7, 11) is 1.52. The van der Waals surface area contributed by atoms with Crippen molar-refractivity contribution in [2.45, 2.75) is 39.3 Å². The van der Waals surface area contributed by atoms with Crippen LogP contribution in [-0.4, -0.2) is 36.9 Å². The van der Waals surface area contributed by atoms with Crippen molar-refractivity contribution >= 4 is 39.4 Å². The molecule has 0 radical (unpaired) electrons. The van der Waals surface area contributed by atoms with Crippen LogP contribution in [0.15, 0.2) is 28.7 Å². The quantitative estimate of drug-likeness (QED) is 0.569. The number of amides is 1. The van der Waals surface area contributed by atoms with Crippen molar-refractivity contribution in [1.29, 1.82) is 0 Å². The lowest BCUT2D eigenvalue weighted by atomic mass is 9.83. The molecule has 2 aromatic rings. The van der Waals surface area contributed by atoms with E-state index in [4.69, 9.17) is 26.8 Å². The zero-order chi connectivity index (χ0) is 22.2. The highest BCUT2D eigenvalue weighted by Gasteiger charge is 2.44. The Morgan fingerprint density at radius 1 is 1.33 bits per heavy atom. The predicted molar refractivity (Wildman–Crippen MR) is 119 cm³/mol. The molecule has 1 amide bonds. The average Bonchev–Trinajstić information content (AvgIpc) is 3.04. The first-order valence-corrected chi connectivity index (χ1v) is 10.6. The lowest BCUT2D eigenvalue weighted by Gasteiger charge is -2.38. The molecule has 1 aliphatic rings. The number of nitrogens with two attached hydrogens (primary N) is 1. The topological polar surface area (TPSA) is 77.7 Å². The first-order valence-electron chi connectivity index (χ1n) is 9.45. The summed E-state index contributed by atoms with van der Waals surface area (Å²) in [5.74, 6) is 0.694. The van der Waals surface area contributed by atoms with Gasteiger partial charge in [0.15, 0.2) is 0 Å². The van der Waals surface area contributed by atoms with Crippen LogP contribution in [0.5, 0.6) is 5.75 Å². The Morgan fingerprint density at radius 3 is 2.63 bits per heavy atom. The third kappa shape index (κ3) is 4.64. The van der Waals surface area contributed by atoms with Crippen LogP contribution in [0.1, 0.15) is 27.2 Å².